The van der Waals surface area contributed by atoms with E-state index in [2.05, 4.69) is 20.9 Å². The van der Waals surface area contributed by atoms with E-state index in [0.717, 1.165) is 31.9 Å². The fourth-order valence-electron chi connectivity index (χ4n) is 1.75. The average Bonchev–Trinajstić information content (AvgIpc) is 2.39. The van der Waals surface area contributed by atoms with Crippen LogP contribution in [-0.4, -0.2) is 9.19 Å². The van der Waals surface area contributed by atoms with Gasteiger partial charge in [-0.2, -0.15) is 0 Å². The highest BCUT2D eigenvalue weighted by atomic mass is 79.9. The zero-order chi connectivity index (χ0) is 14.0. The summed E-state index contributed by atoms with van der Waals surface area (Å²) in [5, 5.41) is 0. The standard InChI is InChI=1S/C14H15BrN2OS/c1-9-7-17-13(10(2)14(9)16)8-19(18)12-5-3-4-11(15)6-12/h3-7H,8H2,1-2H3,(H2,16,17). The van der Waals surface area contributed by atoms with Gasteiger partial charge in [-0.15, -0.1) is 0 Å². The topological polar surface area (TPSA) is 56.0 Å². The highest BCUT2D eigenvalue weighted by molar-refractivity contribution is 9.10. The first-order chi connectivity index (χ1) is 8.99. The number of nitrogen functional groups attached to an aromatic ring is 1. The number of rotatable bonds is 3. The van der Waals surface area contributed by atoms with Crippen molar-refractivity contribution >= 4 is 32.4 Å². The molecule has 0 radical (unpaired) electrons. The Morgan fingerprint density at radius 3 is 2.79 bits per heavy atom. The molecular formula is C14H15BrN2OS. The molecule has 3 nitrogen and oxygen atoms in total. The molecule has 2 aromatic rings. The number of anilines is 1. The van der Waals surface area contributed by atoms with Crippen LogP contribution in [0.2, 0.25) is 0 Å². The molecule has 0 spiro atoms. The zero-order valence-corrected chi connectivity index (χ0v) is 13.2. The van der Waals surface area contributed by atoms with Crippen molar-refractivity contribution in [3.05, 3.63) is 51.8 Å². The van der Waals surface area contributed by atoms with Gasteiger partial charge in [0.2, 0.25) is 0 Å². The molecule has 5 heteroatoms. The van der Waals surface area contributed by atoms with E-state index in [4.69, 9.17) is 5.73 Å². The number of hydrogen-bond acceptors (Lipinski definition) is 3. The Kier molecular flexibility index (Phi) is 4.37. The van der Waals surface area contributed by atoms with Gasteiger partial charge in [0.05, 0.1) is 22.2 Å². The molecule has 0 aliphatic carbocycles. The Morgan fingerprint density at radius 2 is 2.11 bits per heavy atom. The Hall–Kier alpha value is -1.20. The van der Waals surface area contributed by atoms with Gasteiger partial charge in [0, 0.05) is 21.3 Å². The van der Waals surface area contributed by atoms with Crippen LogP contribution in [0.15, 0.2) is 39.8 Å². The lowest BCUT2D eigenvalue weighted by Crippen LogP contribution is -2.05. The molecule has 1 atom stereocenters. The Balaban J connectivity index is 2.27. The van der Waals surface area contributed by atoms with Crippen LogP contribution in [0.25, 0.3) is 0 Å². The Labute approximate surface area is 123 Å². The normalized spacial score (nSPS) is 12.4. The minimum Gasteiger partial charge on any atom is -0.398 e. The number of aryl methyl sites for hydroxylation is 1. The Bertz CT molecular complexity index is 643. The number of halogens is 1. The third-order valence-corrected chi connectivity index (χ3v) is 4.81. The third kappa shape index (κ3) is 3.22. The van der Waals surface area contributed by atoms with Crippen LogP contribution >= 0.6 is 15.9 Å². The Morgan fingerprint density at radius 1 is 1.37 bits per heavy atom. The average molecular weight is 339 g/mol. The van der Waals surface area contributed by atoms with Crippen molar-refractivity contribution in [3.8, 4) is 0 Å². The molecule has 1 unspecified atom stereocenters. The van der Waals surface area contributed by atoms with E-state index in [-0.39, 0.29) is 0 Å². The van der Waals surface area contributed by atoms with Gasteiger partial charge in [-0.1, -0.05) is 22.0 Å². The number of hydrogen-bond donors (Lipinski definition) is 1. The summed E-state index contributed by atoms with van der Waals surface area (Å²) >= 11 is 3.38. The fourth-order valence-corrected chi connectivity index (χ4v) is 3.50. The lowest BCUT2D eigenvalue weighted by atomic mass is 10.1. The lowest BCUT2D eigenvalue weighted by Gasteiger charge is -2.10. The largest absolute Gasteiger partial charge is 0.398 e. The van der Waals surface area contributed by atoms with Gasteiger partial charge >= 0.3 is 0 Å². The van der Waals surface area contributed by atoms with Crippen molar-refractivity contribution in [2.75, 3.05) is 5.73 Å². The molecule has 0 saturated carbocycles. The SMILES string of the molecule is Cc1cnc(CS(=O)c2cccc(Br)c2)c(C)c1N. The van der Waals surface area contributed by atoms with Crippen LogP contribution < -0.4 is 5.73 Å². The molecule has 0 amide bonds. The molecule has 2 N–H and O–H groups in total. The first-order valence-electron chi connectivity index (χ1n) is 5.83. The van der Waals surface area contributed by atoms with Crippen LogP contribution in [0.3, 0.4) is 0 Å². The predicted molar refractivity (Wildman–Crippen MR) is 82.4 cm³/mol. The molecule has 19 heavy (non-hydrogen) atoms. The van der Waals surface area contributed by atoms with Gasteiger partial charge < -0.3 is 5.73 Å². The summed E-state index contributed by atoms with van der Waals surface area (Å²) in [5.74, 6) is 0.382. The number of pyridine rings is 1. The second-order valence-electron chi connectivity index (χ2n) is 4.37. The molecule has 0 bridgehead atoms. The minimum absolute atomic E-state index is 0.382. The number of nitrogens with two attached hydrogens (primary N) is 1. The highest BCUT2D eigenvalue weighted by Gasteiger charge is 2.11. The van der Waals surface area contributed by atoms with Gasteiger partial charge in [-0.05, 0) is 43.2 Å². The first kappa shape index (κ1) is 14.2. The van der Waals surface area contributed by atoms with Gasteiger partial charge in [-0.3, -0.25) is 9.19 Å². The van der Waals surface area contributed by atoms with Crippen LogP contribution in [0, 0.1) is 13.8 Å². The quantitative estimate of drug-likeness (QED) is 0.933. The van der Waals surface area contributed by atoms with Crippen LogP contribution in [0.4, 0.5) is 5.69 Å². The van der Waals surface area contributed by atoms with Gasteiger partial charge in [0.25, 0.3) is 0 Å². The van der Waals surface area contributed by atoms with E-state index in [1.165, 1.54) is 0 Å². The van der Waals surface area contributed by atoms with Crippen molar-refractivity contribution in [3.63, 3.8) is 0 Å². The fraction of sp³-hybridized carbons (Fsp3) is 0.214. The maximum atomic E-state index is 12.3. The van der Waals surface area contributed by atoms with E-state index in [1.54, 1.807) is 6.20 Å². The van der Waals surface area contributed by atoms with Crippen molar-refractivity contribution in [2.45, 2.75) is 24.5 Å². The van der Waals surface area contributed by atoms with Crippen molar-refractivity contribution in [2.24, 2.45) is 0 Å². The third-order valence-electron chi connectivity index (χ3n) is 3.00. The molecule has 0 aliphatic rings. The van der Waals surface area contributed by atoms with Crippen molar-refractivity contribution in [1.82, 2.24) is 4.98 Å². The van der Waals surface area contributed by atoms with E-state index in [1.807, 2.05) is 38.1 Å². The summed E-state index contributed by atoms with van der Waals surface area (Å²) in [6, 6.07) is 7.51. The first-order valence-corrected chi connectivity index (χ1v) is 7.94. The summed E-state index contributed by atoms with van der Waals surface area (Å²) < 4.78 is 13.2. The number of nitrogens with zero attached hydrogens (tertiary/aromatic N) is 1. The number of aromatic nitrogens is 1. The second kappa shape index (κ2) is 5.84. The summed E-state index contributed by atoms with van der Waals surface area (Å²) in [6.45, 7) is 3.84. The maximum absolute atomic E-state index is 12.3. The van der Waals surface area contributed by atoms with Crippen molar-refractivity contribution < 1.29 is 4.21 Å². The molecule has 1 aromatic heterocycles. The van der Waals surface area contributed by atoms with Gasteiger partial charge in [0.15, 0.2) is 0 Å². The molecular weight excluding hydrogens is 324 g/mol. The van der Waals surface area contributed by atoms with Crippen molar-refractivity contribution in [1.29, 1.82) is 0 Å². The van der Waals surface area contributed by atoms with E-state index >= 15 is 0 Å². The van der Waals surface area contributed by atoms with Crippen LogP contribution in [0.5, 0.6) is 0 Å². The molecule has 0 fully saturated rings. The summed E-state index contributed by atoms with van der Waals surface area (Å²) in [5.41, 5.74) is 9.37. The molecule has 100 valence electrons. The molecule has 0 saturated heterocycles. The highest BCUT2D eigenvalue weighted by Crippen LogP contribution is 2.22. The van der Waals surface area contributed by atoms with Crippen LogP contribution in [-0.2, 0) is 16.6 Å². The summed E-state index contributed by atoms with van der Waals surface area (Å²) in [7, 11) is -1.12. The molecule has 2 rings (SSSR count). The predicted octanol–water partition coefficient (Wildman–Crippen LogP) is 3.35. The van der Waals surface area contributed by atoms with Gasteiger partial charge in [-0.25, -0.2) is 0 Å². The minimum atomic E-state index is -1.12. The van der Waals surface area contributed by atoms with E-state index in [9.17, 15) is 4.21 Å². The maximum Gasteiger partial charge on any atom is 0.0709 e. The monoisotopic (exact) mass is 338 g/mol. The summed E-state index contributed by atoms with van der Waals surface area (Å²) in [4.78, 5) is 5.13. The van der Waals surface area contributed by atoms with Gasteiger partial charge in [0.1, 0.15) is 0 Å². The van der Waals surface area contributed by atoms with E-state index in [0.29, 0.717) is 5.75 Å². The lowest BCUT2D eigenvalue weighted by molar-refractivity contribution is 0.682. The molecule has 1 heterocycles. The second-order valence-corrected chi connectivity index (χ2v) is 6.74. The summed E-state index contributed by atoms with van der Waals surface area (Å²) in [6.07, 6.45) is 1.73. The zero-order valence-electron chi connectivity index (χ0n) is 10.8. The smallest absolute Gasteiger partial charge is 0.0709 e. The van der Waals surface area contributed by atoms with Crippen LogP contribution in [0.1, 0.15) is 16.8 Å². The molecule has 0 aliphatic heterocycles. The van der Waals surface area contributed by atoms with E-state index < -0.39 is 10.8 Å². The number of benzene rings is 1. The molecule has 1 aromatic carbocycles.